The third-order valence-electron chi connectivity index (χ3n) is 5.44. The van der Waals surface area contributed by atoms with Crippen LogP contribution in [0.5, 0.6) is 0 Å². The first-order chi connectivity index (χ1) is 14.6. The highest BCUT2D eigenvalue weighted by atomic mass is 35.5. The number of nitrogens with one attached hydrogen (secondary N) is 1. The van der Waals surface area contributed by atoms with E-state index in [2.05, 4.69) is 4.72 Å². The lowest BCUT2D eigenvalue weighted by Crippen LogP contribution is -2.36. The van der Waals surface area contributed by atoms with Crippen molar-refractivity contribution in [2.24, 2.45) is 0 Å². The summed E-state index contributed by atoms with van der Waals surface area (Å²) in [7, 11) is -3.73. The molecule has 7 nitrogen and oxygen atoms in total. The lowest BCUT2D eigenvalue weighted by Gasteiger charge is -2.26. The molecule has 1 saturated heterocycles. The largest absolute Gasteiger partial charge is 0.301 e. The van der Waals surface area contributed by atoms with Crippen molar-refractivity contribution in [1.82, 2.24) is 13.9 Å². The summed E-state index contributed by atoms with van der Waals surface area (Å²) >= 11 is 6.29. The quantitative estimate of drug-likeness (QED) is 0.620. The van der Waals surface area contributed by atoms with Crippen LogP contribution >= 0.6 is 11.6 Å². The first kappa shape index (κ1) is 24.2. The molecule has 1 heterocycles. The van der Waals surface area contributed by atoms with Crippen molar-refractivity contribution < 1.29 is 16.8 Å². The van der Waals surface area contributed by atoms with Crippen LogP contribution in [-0.2, 0) is 20.0 Å². The van der Waals surface area contributed by atoms with Gasteiger partial charge in [0.05, 0.1) is 9.79 Å². The Kier molecular flexibility index (Phi) is 7.77. The summed E-state index contributed by atoms with van der Waals surface area (Å²) < 4.78 is 55.2. The average Bonchev–Trinajstić information content (AvgIpc) is 2.75. The highest BCUT2D eigenvalue weighted by Crippen LogP contribution is 2.26. The van der Waals surface area contributed by atoms with Crippen LogP contribution in [0.25, 0.3) is 0 Å². The Labute approximate surface area is 190 Å². The van der Waals surface area contributed by atoms with Gasteiger partial charge in [0.15, 0.2) is 0 Å². The van der Waals surface area contributed by atoms with Gasteiger partial charge >= 0.3 is 0 Å². The number of nitrogens with zero attached hydrogens (tertiary/aromatic N) is 2. The molecule has 0 aliphatic carbocycles. The van der Waals surface area contributed by atoms with Gasteiger partial charge in [0.25, 0.3) is 0 Å². The smallest absolute Gasteiger partial charge is 0.243 e. The predicted molar refractivity (Wildman–Crippen MR) is 122 cm³/mol. The Morgan fingerprint density at radius 3 is 2.10 bits per heavy atom. The van der Waals surface area contributed by atoms with Crippen molar-refractivity contribution in [2.45, 2.75) is 35.1 Å². The second-order valence-corrected chi connectivity index (χ2v) is 11.9. The molecule has 3 rings (SSSR count). The number of benzene rings is 2. The molecule has 1 unspecified atom stereocenters. The van der Waals surface area contributed by atoms with E-state index in [9.17, 15) is 16.8 Å². The van der Waals surface area contributed by atoms with E-state index in [1.165, 1.54) is 28.6 Å². The summed E-state index contributed by atoms with van der Waals surface area (Å²) in [6.45, 7) is 1.11. The van der Waals surface area contributed by atoms with E-state index in [4.69, 9.17) is 11.6 Å². The van der Waals surface area contributed by atoms with Crippen LogP contribution in [0.1, 0.15) is 30.9 Å². The minimum atomic E-state index is -3.83. The van der Waals surface area contributed by atoms with E-state index >= 15 is 0 Å². The van der Waals surface area contributed by atoms with Gasteiger partial charge in [-0.05, 0) is 62.8 Å². The maximum absolute atomic E-state index is 12.8. The van der Waals surface area contributed by atoms with E-state index in [1.54, 1.807) is 6.07 Å². The summed E-state index contributed by atoms with van der Waals surface area (Å²) in [5.74, 6) is 0. The van der Waals surface area contributed by atoms with Crippen molar-refractivity contribution in [3.05, 3.63) is 59.1 Å². The molecule has 0 amide bonds. The van der Waals surface area contributed by atoms with Gasteiger partial charge in [-0.25, -0.2) is 21.6 Å². The highest BCUT2D eigenvalue weighted by Gasteiger charge is 2.27. The highest BCUT2D eigenvalue weighted by molar-refractivity contribution is 7.89. The van der Waals surface area contributed by atoms with Crippen LogP contribution < -0.4 is 4.72 Å². The van der Waals surface area contributed by atoms with Gasteiger partial charge in [0.1, 0.15) is 0 Å². The van der Waals surface area contributed by atoms with Gasteiger partial charge in [0, 0.05) is 30.7 Å². The molecule has 1 fully saturated rings. The van der Waals surface area contributed by atoms with Gasteiger partial charge < -0.3 is 4.90 Å². The third kappa shape index (κ3) is 5.66. The molecule has 1 aliphatic heterocycles. The molecule has 0 aromatic heterocycles. The number of halogens is 1. The van der Waals surface area contributed by atoms with E-state index in [0.29, 0.717) is 18.1 Å². The first-order valence-corrected chi connectivity index (χ1v) is 13.4. The zero-order valence-corrected chi connectivity index (χ0v) is 20.0. The summed E-state index contributed by atoms with van der Waals surface area (Å²) in [5, 5.41) is 0.563. The Hall–Kier alpha value is -1.49. The minimum absolute atomic E-state index is 0.0155. The standard InChI is InChI=1S/C21H28ClN3O4S2/c1-24(2)21(19-8-4-5-9-20(19)22)16-23-30(26,27)17-10-12-18(13-11-17)31(28,29)25-14-6-3-7-15-25/h4-5,8-13,21,23H,3,6-7,14-16H2,1-2H3. The molecule has 0 spiro atoms. The number of hydrogen-bond acceptors (Lipinski definition) is 5. The van der Waals surface area contributed by atoms with Gasteiger partial charge in [-0.3, -0.25) is 0 Å². The second-order valence-electron chi connectivity index (χ2n) is 7.79. The fourth-order valence-corrected chi connectivity index (χ4v) is 6.45. The van der Waals surface area contributed by atoms with Crippen molar-refractivity contribution in [3.63, 3.8) is 0 Å². The Morgan fingerprint density at radius 2 is 1.52 bits per heavy atom. The SMILES string of the molecule is CN(C)C(CNS(=O)(=O)c1ccc(S(=O)(=O)N2CCCCC2)cc1)c1ccccc1Cl. The van der Waals surface area contributed by atoms with Crippen LogP contribution in [0, 0.1) is 0 Å². The molecule has 0 saturated carbocycles. The summed E-state index contributed by atoms with van der Waals surface area (Å²) in [5.41, 5.74) is 0.819. The third-order valence-corrected chi connectivity index (χ3v) is 9.14. The fraction of sp³-hybridized carbons (Fsp3) is 0.429. The Balaban J connectivity index is 1.75. The summed E-state index contributed by atoms with van der Waals surface area (Å²) in [4.78, 5) is 2.01. The second kappa shape index (κ2) is 9.97. The van der Waals surface area contributed by atoms with Crippen LogP contribution in [0.2, 0.25) is 5.02 Å². The van der Waals surface area contributed by atoms with Crippen LogP contribution in [0.15, 0.2) is 58.3 Å². The van der Waals surface area contributed by atoms with E-state index in [1.807, 2.05) is 37.2 Å². The van der Waals surface area contributed by atoms with E-state index in [0.717, 1.165) is 24.8 Å². The van der Waals surface area contributed by atoms with E-state index < -0.39 is 20.0 Å². The lowest BCUT2D eigenvalue weighted by atomic mass is 10.1. The minimum Gasteiger partial charge on any atom is -0.301 e. The van der Waals surface area contributed by atoms with Crippen LogP contribution in [0.3, 0.4) is 0 Å². The van der Waals surface area contributed by atoms with Crippen LogP contribution in [-0.4, -0.2) is 59.8 Å². The zero-order valence-electron chi connectivity index (χ0n) is 17.7. The molecule has 1 aliphatic rings. The number of sulfonamides is 2. The van der Waals surface area contributed by atoms with Crippen molar-refractivity contribution in [1.29, 1.82) is 0 Å². The average molecular weight is 486 g/mol. The van der Waals surface area contributed by atoms with Crippen molar-refractivity contribution >= 4 is 31.6 Å². The van der Waals surface area contributed by atoms with Gasteiger partial charge in [-0.1, -0.05) is 36.2 Å². The maximum atomic E-state index is 12.8. The molecule has 2 aromatic rings. The number of hydrogen-bond donors (Lipinski definition) is 1. The summed E-state index contributed by atoms with van der Waals surface area (Å²) in [6, 6.07) is 12.4. The monoisotopic (exact) mass is 485 g/mol. The zero-order chi connectivity index (χ0) is 22.6. The van der Waals surface area contributed by atoms with Crippen molar-refractivity contribution in [3.8, 4) is 0 Å². The topological polar surface area (TPSA) is 86.8 Å². The molecular formula is C21H28ClN3O4S2. The Bertz CT molecular complexity index is 1100. The fourth-order valence-electron chi connectivity index (χ4n) is 3.63. The molecule has 1 atom stereocenters. The molecule has 0 radical (unpaired) electrons. The Morgan fingerprint density at radius 1 is 0.935 bits per heavy atom. The van der Waals surface area contributed by atoms with E-state index in [-0.39, 0.29) is 22.4 Å². The van der Waals surface area contributed by atoms with Gasteiger partial charge in [0.2, 0.25) is 20.0 Å². The molecule has 2 aromatic carbocycles. The molecule has 1 N–H and O–H groups in total. The molecule has 10 heteroatoms. The number of likely N-dealkylation sites (N-methyl/N-ethyl adjacent to an activating group) is 1. The molecule has 31 heavy (non-hydrogen) atoms. The summed E-state index contributed by atoms with van der Waals surface area (Å²) in [6.07, 6.45) is 2.71. The van der Waals surface area contributed by atoms with Crippen molar-refractivity contribution in [2.75, 3.05) is 33.7 Å². The number of rotatable bonds is 8. The van der Waals surface area contributed by atoms with Crippen LogP contribution in [0.4, 0.5) is 0 Å². The normalized spacial score (nSPS) is 17.0. The molecule has 0 bridgehead atoms. The molecular weight excluding hydrogens is 458 g/mol. The maximum Gasteiger partial charge on any atom is 0.243 e. The van der Waals surface area contributed by atoms with Gasteiger partial charge in [-0.2, -0.15) is 4.31 Å². The number of piperidine rings is 1. The lowest BCUT2D eigenvalue weighted by molar-refractivity contribution is 0.299. The first-order valence-electron chi connectivity index (χ1n) is 10.1. The molecule has 170 valence electrons. The predicted octanol–water partition coefficient (Wildman–Crippen LogP) is 3.10. The van der Waals surface area contributed by atoms with Gasteiger partial charge in [-0.15, -0.1) is 0 Å².